The first kappa shape index (κ1) is 13.3. The Morgan fingerprint density at radius 3 is 2.56 bits per heavy atom. The monoisotopic (exact) mass is 255 g/mol. The summed E-state index contributed by atoms with van der Waals surface area (Å²) in [6.07, 6.45) is 0.782. The topological polar surface area (TPSA) is 72.9 Å². The molecular formula is C12H21N3O3. The Hall–Kier alpha value is -1.14. The Bertz CT molecular complexity index is 329. The summed E-state index contributed by atoms with van der Waals surface area (Å²) < 4.78 is 0. The van der Waals surface area contributed by atoms with E-state index in [1.54, 1.807) is 0 Å². The molecule has 0 radical (unpaired) electrons. The van der Waals surface area contributed by atoms with Crippen LogP contribution in [-0.4, -0.2) is 72.1 Å². The van der Waals surface area contributed by atoms with Crippen LogP contribution in [0.2, 0.25) is 0 Å². The number of carboxylic acid groups (broad SMARTS) is 1. The molecule has 2 unspecified atom stereocenters. The van der Waals surface area contributed by atoms with Crippen molar-refractivity contribution in [1.29, 1.82) is 0 Å². The second kappa shape index (κ2) is 5.67. The van der Waals surface area contributed by atoms with Crippen LogP contribution in [0.25, 0.3) is 0 Å². The van der Waals surface area contributed by atoms with Gasteiger partial charge in [-0.3, -0.25) is 9.69 Å². The van der Waals surface area contributed by atoms with Gasteiger partial charge in [0.25, 0.3) is 0 Å². The van der Waals surface area contributed by atoms with Crippen molar-refractivity contribution in [2.24, 2.45) is 5.92 Å². The lowest BCUT2D eigenvalue weighted by molar-refractivity contribution is -0.149. The van der Waals surface area contributed by atoms with E-state index in [-0.39, 0.29) is 11.8 Å². The molecule has 6 heteroatoms. The molecule has 0 aromatic rings. The van der Waals surface area contributed by atoms with Gasteiger partial charge in [0.2, 0.25) is 5.91 Å². The fourth-order valence-corrected chi connectivity index (χ4v) is 2.75. The highest BCUT2D eigenvalue weighted by atomic mass is 16.4. The fourth-order valence-electron chi connectivity index (χ4n) is 2.75. The van der Waals surface area contributed by atoms with Crippen molar-refractivity contribution >= 4 is 11.9 Å². The second-order valence-electron chi connectivity index (χ2n) is 5.16. The maximum atomic E-state index is 12.2. The van der Waals surface area contributed by atoms with Crippen molar-refractivity contribution in [2.45, 2.75) is 19.4 Å². The van der Waals surface area contributed by atoms with Crippen molar-refractivity contribution in [3.63, 3.8) is 0 Å². The minimum absolute atomic E-state index is 0.0475. The number of rotatable bonds is 3. The number of hydrogen-bond donors (Lipinski definition) is 2. The molecule has 102 valence electrons. The number of carbonyl (C=O) groups is 2. The van der Waals surface area contributed by atoms with Gasteiger partial charge in [-0.25, -0.2) is 4.79 Å². The molecule has 2 fully saturated rings. The van der Waals surface area contributed by atoms with Gasteiger partial charge < -0.3 is 15.3 Å². The Morgan fingerprint density at radius 1 is 1.28 bits per heavy atom. The summed E-state index contributed by atoms with van der Waals surface area (Å²) in [7, 11) is 0. The Balaban J connectivity index is 1.93. The van der Waals surface area contributed by atoms with Crippen LogP contribution in [0.4, 0.5) is 0 Å². The second-order valence-corrected chi connectivity index (χ2v) is 5.16. The van der Waals surface area contributed by atoms with Gasteiger partial charge in [-0.1, -0.05) is 6.92 Å². The van der Waals surface area contributed by atoms with Gasteiger partial charge in [0.05, 0.1) is 6.54 Å². The van der Waals surface area contributed by atoms with Gasteiger partial charge in [0.15, 0.2) is 0 Å². The highest BCUT2D eigenvalue weighted by molar-refractivity contribution is 5.85. The van der Waals surface area contributed by atoms with Crippen LogP contribution in [0.1, 0.15) is 13.3 Å². The van der Waals surface area contributed by atoms with E-state index in [1.807, 2.05) is 6.92 Å². The van der Waals surface area contributed by atoms with Gasteiger partial charge in [0.1, 0.15) is 6.04 Å². The third kappa shape index (κ3) is 2.81. The molecule has 2 N–H and O–H groups in total. The van der Waals surface area contributed by atoms with Crippen LogP contribution in [-0.2, 0) is 9.59 Å². The van der Waals surface area contributed by atoms with Crippen LogP contribution in [0.15, 0.2) is 0 Å². The van der Waals surface area contributed by atoms with E-state index < -0.39 is 12.0 Å². The van der Waals surface area contributed by atoms with Crippen molar-refractivity contribution in [2.75, 3.05) is 39.3 Å². The number of nitrogens with one attached hydrogen (secondary N) is 1. The van der Waals surface area contributed by atoms with E-state index in [4.69, 9.17) is 0 Å². The molecule has 0 saturated carbocycles. The summed E-state index contributed by atoms with van der Waals surface area (Å²) in [6, 6.07) is -0.639. The molecule has 0 bridgehead atoms. The van der Waals surface area contributed by atoms with Crippen molar-refractivity contribution in [1.82, 2.24) is 15.1 Å². The fraction of sp³-hybridized carbons (Fsp3) is 0.833. The molecule has 0 aromatic carbocycles. The largest absolute Gasteiger partial charge is 0.480 e. The lowest BCUT2D eigenvalue weighted by Crippen LogP contribution is -2.51. The lowest BCUT2D eigenvalue weighted by Gasteiger charge is -2.30. The van der Waals surface area contributed by atoms with Gasteiger partial charge in [-0.15, -0.1) is 0 Å². The summed E-state index contributed by atoms with van der Waals surface area (Å²) in [6.45, 7) is 6.32. The molecule has 2 rings (SSSR count). The Morgan fingerprint density at radius 2 is 1.94 bits per heavy atom. The average Bonchev–Trinajstić information content (AvgIpc) is 2.72. The zero-order valence-corrected chi connectivity index (χ0v) is 10.8. The van der Waals surface area contributed by atoms with Gasteiger partial charge in [0, 0.05) is 32.7 Å². The van der Waals surface area contributed by atoms with Crippen molar-refractivity contribution in [3.8, 4) is 0 Å². The first-order valence-electron chi connectivity index (χ1n) is 6.55. The van der Waals surface area contributed by atoms with Crippen LogP contribution in [0.5, 0.6) is 0 Å². The Labute approximate surface area is 107 Å². The van der Waals surface area contributed by atoms with Crippen LogP contribution >= 0.6 is 0 Å². The van der Waals surface area contributed by atoms with E-state index in [9.17, 15) is 14.7 Å². The maximum Gasteiger partial charge on any atom is 0.326 e. The number of carbonyl (C=O) groups excluding carboxylic acids is 1. The molecule has 2 heterocycles. The molecule has 2 aliphatic rings. The third-order valence-electron chi connectivity index (χ3n) is 3.84. The first-order valence-corrected chi connectivity index (χ1v) is 6.55. The minimum atomic E-state index is -0.881. The Kier molecular flexibility index (Phi) is 4.19. The molecule has 0 aliphatic carbocycles. The standard InChI is InChI=1S/C12H21N3O3/c1-9-2-5-15(11(9)12(17)18)10(16)8-14-6-3-13-4-7-14/h9,11,13H,2-8H2,1H3,(H,17,18). The van der Waals surface area contributed by atoms with Crippen LogP contribution < -0.4 is 5.32 Å². The van der Waals surface area contributed by atoms with Crippen LogP contribution in [0, 0.1) is 5.92 Å². The van der Waals surface area contributed by atoms with Gasteiger partial charge >= 0.3 is 5.97 Å². The number of hydrogen-bond acceptors (Lipinski definition) is 4. The summed E-state index contributed by atoms with van der Waals surface area (Å²) in [5.41, 5.74) is 0. The number of piperazine rings is 1. The van der Waals surface area contributed by atoms with Gasteiger partial charge in [-0.05, 0) is 12.3 Å². The number of carboxylic acids is 1. The average molecular weight is 255 g/mol. The summed E-state index contributed by atoms with van der Waals surface area (Å²) in [5.74, 6) is -0.878. The number of nitrogens with zero attached hydrogens (tertiary/aromatic N) is 2. The maximum absolute atomic E-state index is 12.2. The zero-order valence-electron chi connectivity index (χ0n) is 10.8. The zero-order chi connectivity index (χ0) is 13.1. The molecule has 2 aliphatic heterocycles. The quantitative estimate of drug-likeness (QED) is 0.691. The van der Waals surface area contributed by atoms with E-state index in [0.29, 0.717) is 13.1 Å². The third-order valence-corrected chi connectivity index (χ3v) is 3.84. The predicted octanol–water partition coefficient (Wildman–Crippen LogP) is -0.787. The normalized spacial score (nSPS) is 29.5. The smallest absolute Gasteiger partial charge is 0.326 e. The molecular weight excluding hydrogens is 234 g/mol. The SMILES string of the molecule is CC1CCN(C(=O)CN2CCNCC2)C1C(=O)O. The molecule has 1 amide bonds. The van der Waals surface area contributed by atoms with E-state index >= 15 is 0 Å². The summed E-state index contributed by atoms with van der Waals surface area (Å²) in [5, 5.41) is 12.4. The molecule has 2 atom stereocenters. The highest BCUT2D eigenvalue weighted by Gasteiger charge is 2.39. The summed E-state index contributed by atoms with van der Waals surface area (Å²) >= 11 is 0. The van der Waals surface area contributed by atoms with Crippen molar-refractivity contribution < 1.29 is 14.7 Å². The molecule has 18 heavy (non-hydrogen) atoms. The minimum Gasteiger partial charge on any atom is -0.480 e. The molecule has 2 saturated heterocycles. The van der Waals surface area contributed by atoms with Crippen LogP contribution in [0.3, 0.4) is 0 Å². The van der Waals surface area contributed by atoms with Crippen molar-refractivity contribution in [3.05, 3.63) is 0 Å². The molecule has 6 nitrogen and oxygen atoms in total. The molecule has 0 aromatic heterocycles. The highest BCUT2D eigenvalue weighted by Crippen LogP contribution is 2.24. The number of aliphatic carboxylic acids is 1. The number of likely N-dealkylation sites (tertiary alicyclic amines) is 1. The van der Waals surface area contributed by atoms with E-state index in [0.717, 1.165) is 32.6 Å². The lowest BCUT2D eigenvalue weighted by atomic mass is 10.0. The molecule has 0 spiro atoms. The first-order chi connectivity index (χ1) is 8.59. The predicted molar refractivity (Wildman–Crippen MR) is 66.2 cm³/mol. The van der Waals surface area contributed by atoms with Gasteiger partial charge in [-0.2, -0.15) is 0 Å². The van der Waals surface area contributed by atoms with E-state index in [1.165, 1.54) is 4.90 Å². The summed E-state index contributed by atoms with van der Waals surface area (Å²) in [4.78, 5) is 27.0. The number of amides is 1. The van der Waals surface area contributed by atoms with E-state index in [2.05, 4.69) is 10.2 Å².